The fraction of sp³-hybridized carbons (Fsp3) is 0.500. The molecule has 0 aromatic carbocycles. The summed E-state index contributed by atoms with van der Waals surface area (Å²) in [6.07, 6.45) is 14.9. The lowest BCUT2D eigenvalue weighted by molar-refractivity contribution is 0.345. The maximum absolute atomic E-state index is 13.0. The maximum Gasteiger partial charge on any atom is 0.271 e. The van der Waals surface area contributed by atoms with Crippen molar-refractivity contribution in [2.24, 2.45) is 0 Å². The van der Waals surface area contributed by atoms with Crippen molar-refractivity contribution in [1.82, 2.24) is 29.1 Å². The molecule has 2 aliphatic rings. The number of hydrogen-bond donors (Lipinski definition) is 0. The van der Waals surface area contributed by atoms with Gasteiger partial charge in [-0.25, -0.2) is 19.9 Å². The number of thiophene rings is 2. The fourth-order valence-electron chi connectivity index (χ4n) is 7.13. The van der Waals surface area contributed by atoms with Crippen LogP contribution in [-0.2, 0) is 0 Å². The molecular weight excluding hydrogens is 711 g/mol. The van der Waals surface area contributed by atoms with Crippen LogP contribution < -0.4 is 20.9 Å². The summed E-state index contributed by atoms with van der Waals surface area (Å²) in [5, 5.41) is 2.70. The van der Waals surface area contributed by atoms with Crippen molar-refractivity contribution in [1.29, 1.82) is 0 Å². The number of pyridine rings is 2. The standard InChI is InChI=1S/2C17H19ClN4OS.2CH4/c2*1-21(2)11-8-12(18)20-16-13(11)14-15(24-16)17(23)22(9-19-14)10-6-4-3-5-7-10;;/h2*8-10H,3-7H2,1-2H3;2*1H4. The Morgan fingerprint density at radius 1 is 0.640 bits per heavy atom. The number of halogens is 2. The molecule has 0 atom stereocenters. The Morgan fingerprint density at radius 3 is 1.34 bits per heavy atom. The van der Waals surface area contributed by atoms with Gasteiger partial charge in [0.2, 0.25) is 0 Å². The molecule has 6 aromatic rings. The van der Waals surface area contributed by atoms with Gasteiger partial charge in [-0.15, -0.1) is 22.7 Å². The number of nitrogens with zero attached hydrogens (tertiary/aromatic N) is 8. The van der Waals surface area contributed by atoms with E-state index in [1.165, 1.54) is 61.2 Å². The first kappa shape index (κ1) is 37.9. The van der Waals surface area contributed by atoms with Gasteiger partial charge >= 0.3 is 0 Å². The third-order valence-electron chi connectivity index (χ3n) is 9.55. The SMILES string of the molecule is C.C.CN(C)c1cc(Cl)nc2sc3c(=O)n(C4CCCCC4)cnc3c12.CN(C)c1cc(Cl)nc2sc3c(=O)n(C4CCCCC4)cnc3c12. The van der Waals surface area contributed by atoms with Gasteiger partial charge in [0.1, 0.15) is 29.4 Å². The largest absolute Gasteiger partial charge is 0.377 e. The van der Waals surface area contributed by atoms with E-state index in [0.717, 1.165) is 68.5 Å². The van der Waals surface area contributed by atoms with Crippen molar-refractivity contribution < 1.29 is 0 Å². The van der Waals surface area contributed by atoms with E-state index in [1.807, 2.05) is 59.3 Å². The van der Waals surface area contributed by atoms with E-state index in [0.29, 0.717) is 19.7 Å². The van der Waals surface area contributed by atoms with Crippen LogP contribution in [0, 0.1) is 0 Å². The molecule has 6 heterocycles. The highest BCUT2D eigenvalue weighted by molar-refractivity contribution is 7.25. The molecule has 0 radical (unpaired) electrons. The second kappa shape index (κ2) is 15.5. The number of rotatable bonds is 4. The Hall–Kier alpha value is -3.32. The van der Waals surface area contributed by atoms with E-state index in [-0.39, 0.29) is 38.1 Å². The molecule has 50 heavy (non-hydrogen) atoms. The zero-order chi connectivity index (χ0) is 33.7. The zero-order valence-corrected chi connectivity index (χ0v) is 30.6. The summed E-state index contributed by atoms with van der Waals surface area (Å²) in [7, 11) is 7.82. The zero-order valence-electron chi connectivity index (χ0n) is 27.5. The van der Waals surface area contributed by atoms with E-state index in [1.54, 1.807) is 12.7 Å². The van der Waals surface area contributed by atoms with Crippen LogP contribution in [-0.4, -0.2) is 57.3 Å². The quantitative estimate of drug-likeness (QED) is 0.164. The van der Waals surface area contributed by atoms with Gasteiger partial charge in [0, 0.05) is 40.3 Å². The van der Waals surface area contributed by atoms with Crippen LogP contribution >= 0.6 is 45.9 Å². The average molecular weight is 758 g/mol. The molecule has 0 amide bonds. The number of anilines is 2. The Kier molecular flexibility index (Phi) is 11.8. The summed E-state index contributed by atoms with van der Waals surface area (Å²) < 4.78 is 5.01. The first-order valence-electron chi connectivity index (χ1n) is 16.5. The molecule has 0 spiro atoms. The highest BCUT2D eigenvalue weighted by Gasteiger charge is 2.23. The molecule has 0 aliphatic heterocycles. The third-order valence-corrected chi connectivity index (χ3v) is 12.1. The van der Waals surface area contributed by atoms with Gasteiger partial charge in [0.15, 0.2) is 0 Å². The van der Waals surface area contributed by atoms with Gasteiger partial charge in [0.25, 0.3) is 11.1 Å². The monoisotopic (exact) mass is 756 g/mol. The van der Waals surface area contributed by atoms with Crippen LogP contribution in [0.5, 0.6) is 0 Å². The molecule has 0 N–H and O–H groups in total. The Bertz CT molecular complexity index is 2100. The molecular formula is C36H46Cl2N8O2S2. The van der Waals surface area contributed by atoms with Crippen molar-refractivity contribution in [3.63, 3.8) is 0 Å². The van der Waals surface area contributed by atoms with Crippen molar-refractivity contribution in [3.8, 4) is 0 Å². The molecule has 10 nitrogen and oxygen atoms in total. The summed E-state index contributed by atoms with van der Waals surface area (Å²) in [5.41, 5.74) is 3.46. The molecule has 2 aliphatic carbocycles. The number of hydrogen-bond acceptors (Lipinski definition) is 10. The summed E-state index contributed by atoms with van der Waals surface area (Å²) >= 11 is 15.1. The lowest BCUT2D eigenvalue weighted by atomic mass is 9.95. The van der Waals surface area contributed by atoms with E-state index < -0.39 is 0 Å². The average Bonchev–Trinajstić information content (AvgIpc) is 3.64. The lowest BCUT2D eigenvalue weighted by Gasteiger charge is -2.23. The molecule has 268 valence electrons. The molecule has 14 heteroatoms. The predicted octanol–water partition coefficient (Wildman–Crippen LogP) is 9.73. The van der Waals surface area contributed by atoms with Gasteiger partial charge in [-0.05, 0) is 37.8 Å². The van der Waals surface area contributed by atoms with Gasteiger partial charge in [-0.2, -0.15) is 0 Å². The topological polar surface area (TPSA) is 102 Å². The molecule has 0 unspecified atom stereocenters. The van der Waals surface area contributed by atoms with Crippen molar-refractivity contribution in [2.45, 2.75) is 91.1 Å². The van der Waals surface area contributed by atoms with Crippen molar-refractivity contribution >= 4 is 98.1 Å². The van der Waals surface area contributed by atoms with Gasteiger partial charge < -0.3 is 9.80 Å². The van der Waals surface area contributed by atoms with E-state index in [4.69, 9.17) is 23.2 Å². The summed E-state index contributed by atoms with van der Waals surface area (Å²) in [6, 6.07) is 4.20. The van der Waals surface area contributed by atoms with Crippen LogP contribution in [0.2, 0.25) is 10.3 Å². The van der Waals surface area contributed by atoms with Gasteiger partial charge in [-0.3, -0.25) is 18.7 Å². The summed E-state index contributed by atoms with van der Waals surface area (Å²) in [5.74, 6) is 0. The highest BCUT2D eigenvalue weighted by Crippen LogP contribution is 2.39. The number of aromatic nitrogens is 6. The Morgan fingerprint density at radius 2 is 1.00 bits per heavy atom. The second-order valence-corrected chi connectivity index (χ2v) is 15.9. The summed E-state index contributed by atoms with van der Waals surface area (Å²) in [6.45, 7) is 0. The minimum atomic E-state index is 0. The third kappa shape index (κ3) is 6.96. The van der Waals surface area contributed by atoms with Gasteiger partial charge in [-0.1, -0.05) is 76.6 Å². The van der Waals surface area contributed by atoms with Crippen LogP contribution in [0.4, 0.5) is 11.4 Å². The van der Waals surface area contributed by atoms with Crippen molar-refractivity contribution in [2.75, 3.05) is 38.0 Å². The molecule has 0 saturated heterocycles. The second-order valence-electron chi connectivity index (χ2n) is 13.1. The molecule has 8 rings (SSSR count). The molecule has 2 saturated carbocycles. The first-order valence-corrected chi connectivity index (χ1v) is 18.9. The van der Waals surface area contributed by atoms with Crippen molar-refractivity contribution in [3.05, 3.63) is 55.8 Å². The number of fused-ring (bicyclic) bond motifs is 6. The lowest BCUT2D eigenvalue weighted by Crippen LogP contribution is -2.26. The fourth-order valence-corrected chi connectivity index (χ4v) is 9.77. The predicted molar refractivity (Wildman–Crippen MR) is 215 cm³/mol. The van der Waals surface area contributed by atoms with Crippen LogP contribution in [0.15, 0.2) is 34.4 Å². The minimum Gasteiger partial charge on any atom is -0.377 e. The smallest absolute Gasteiger partial charge is 0.271 e. The van der Waals surface area contributed by atoms with E-state index in [9.17, 15) is 9.59 Å². The molecule has 6 aromatic heterocycles. The highest BCUT2D eigenvalue weighted by atomic mass is 35.5. The molecule has 2 fully saturated rings. The minimum absolute atomic E-state index is 0. The summed E-state index contributed by atoms with van der Waals surface area (Å²) in [4.78, 5) is 49.7. The Balaban J connectivity index is 0.000000187. The maximum atomic E-state index is 13.0. The van der Waals surface area contributed by atoms with Crippen LogP contribution in [0.25, 0.3) is 40.9 Å². The normalized spacial score (nSPS) is 15.5. The van der Waals surface area contributed by atoms with E-state index >= 15 is 0 Å². The molecule has 0 bridgehead atoms. The van der Waals surface area contributed by atoms with Gasteiger partial charge in [0.05, 0.1) is 45.8 Å². The van der Waals surface area contributed by atoms with Crippen LogP contribution in [0.3, 0.4) is 0 Å². The van der Waals surface area contributed by atoms with E-state index in [2.05, 4.69) is 19.9 Å². The Labute approximate surface area is 310 Å². The first-order chi connectivity index (χ1) is 23.1. The van der Waals surface area contributed by atoms with Crippen LogP contribution in [0.1, 0.15) is 91.1 Å².